The highest BCUT2D eigenvalue weighted by molar-refractivity contribution is 5.51. The molecule has 1 saturated carbocycles. The Labute approximate surface area is 107 Å². The molecule has 0 spiro atoms. The van der Waals surface area contributed by atoms with Gasteiger partial charge in [0.1, 0.15) is 5.82 Å². The van der Waals surface area contributed by atoms with Crippen LogP contribution in [0.2, 0.25) is 0 Å². The third kappa shape index (κ3) is 2.10. The lowest BCUT2D eigenvalue weighted by Gasteiger charge is -2.34. The van der Waals surface area contributed by atoms with Gasteiger partial charge in [0.05, 0.1) is 11.3 Å². The first-order valence-corrected chi connectivity index (χ1v) is 6.54. The third-order valence-corrected chi connectivity index (χ3v) is 4.05. The first-order valence-electron chi connectivity index (χ1n) is 6.54. The normalized spacial score (nSPS) is 23.2. The van der Waals surface area contributed by atoms with Gasteiger partial charge < -0.3 is 14.9 Å². The highest BCUT2D eigenvalue weighted by Gasteiger charge is 2.42. The molecule has 0 bridgehead atoms. The van der Waals surface area contributed by atoms with Crippen LogP contribution < -0.4 is 4.90 Å². The standard InChI is InChI=1S/C14H19FN2O/c1-16-6-8-17(9-7-16)13-3-2-11(10-12(13)15)14(18)4-5-14/h2-3,10,18H,4-9H2,1H3. The van der Waals surface area contributed by atoms with Crippen LogP contribution in [0.3, 0.4) is 0 Å². The molecular weight excluding hydrogens is 231 g/mol. The zero-order valence-electron chi connectivity index (χ0n) is 10.7. The maximum Gasteiger partial charge on any atom is 0.146 e. The number of hydrogen-bond acceptors (Lipinski definition) is 3. The molecule has 3 nitrogen and oxygen atoms in total. The molecule has 18 heavy (non-hydrogen) atoms. The Bertz CT molecular complexity index is 451. The molecule has 1 aliphatic heterocycles. The maximum absolute atomic E-state index is 14.1. The van der Waals surface area contributed by atoms with E-state index >= 15 is 0 Å². The number of hydrogen-bond donors (Lipinski definition) is 1. The Morgan fingerprint density at radius 1 is 1.17 bits per heavy atom. The molecule has 1 aromatic rings. The van der Waals surface area contributed by atoms with Crippen LogP contribution in [0, 0.1) is 5.82 Å². The van der Waals surface area contributed by atoms with Gasteiger partial charge in [-0.3, -0.25) is 0 Å². The van der Waals surface area contributed by atoms with Crippen LogP contribution >= 0.6 is 0 Å². The van der Waals surface area contributed by atoms with Crippen molar-refractivity contribution in [3.8, 4) is 0 Å². The van der Waals surface area contributed by atoms with E-state index in [-0.39, 0.29) is 5.82 Å². The summed E-state index contributed by atoms with van der Waals surface area (Å²) < 4.78 is 14.1. The zero-order valence-corrected chi connectivity index (χ0v) is 10.7. The van der Waals surface area contributed by atoms with E-state index in [4.69, 9.17) is 0 Å². The number of benzene rings is 1. The lowest BCUT2D eigenvalue weighted by Crippen LogP contribution is -2.44. The van der Waals surface area contributed by atoms with Gasteiger partial charge in [-0.05, 0) is 37.6 Å². The molecule has 4 heteroatoms. The smallest absolute Gasteiger partial charge is 0.146 e. The fraction of sp³-hybridized carbons (Fsp3) is 0.571. The van der Waals surface area contributed by atoms with Crippen molar-refractivity contribution < 1.29 is 9.50 Å². The summed E-state index contributed by atoms with van der Waals surface area (Å²) in [6.45, 7) is 3.64. The Morgan fingerprint density at radius 3 is 2.39 bits per heavy atom. The average molecular weight is 250 g/mol. The predicted molar refractivity (Wildman–Crippen MR) is 69.2 cm³/mol. The summed E-state index contributed by atoms with van der Waals surface area (Å²) in [5.74, 6) is -0.211. The summed E-state index contributed by atoms with van der Waals surface area (Å²) >= 11 is 0. The van der Waals surface area contributed by atoms with Crippen molar-refractivity contribution >= 4 is 5.69 Å². The molecule has 2 fully saturated rings. The fourth-order valence-electron chi connectivity index (χ4n) is 2.51. The van der Waals surface area contributed by atoms with Crippen LogP contribution in [0.25, 0.3) is 0 Å². The first kappa shape index (κ1) is 11.9. The Hall–Kier alpha value is -1.13. The van der Waals surface area contributed by atoms with E-state index in [0.717, 1.165) is 44.6 Å². The minimum absolute atomic E-state index is 0.211. The molecule has 0 aromatic heterocycles. The second kappa shape index (κ2) is 4.21. The first-order chi connectivity index (χ1) is 8.58. The van der Waals surface area contributed by atoms with E-state index in [0.29, 0.717) is 5.69 Å². The van der Waals surface area contributed by atoms with Gasteiger partial charge in [-0.25, -0.2) is 4.39 Å². The van der Waals surface area contributed by atoms with Crippen LogP contribution in [0.1, 0.15) is 18.4 Å². The van der Waals surface area contributed by atoms with Gasteiger partial charge in [-0.15, -0.1) is 0 Å². The lowest BCUT2D eigenvalue weighted by molar-refractivity contribution is 0.151. The van der Waals surface area contributed by atoms with Crippen LogP contribution in [-0.4, -0.2) is 43.2 Å². The van der Waals surface area contributed by atoms with Crippen molar-refractivity contribution in [2.45, 2.75) is 18.4 Å². The molecule has 0 radical (unpaired) electrons. The molecule has 98 valence electrons. The number of likely N-dealkylation sites (N-methyl/N-ethyl adjacent to an activating group) is 1. The van der Waals surface area contributed by atoms with Gasteiger partial charge in [0.2, 0.25) is 0 Å². The summed E-state index contributed by atoms with van der Waals surface area (Å²) in [5.41, 5.74) is 0.635. The van der Waals surface area contributed by atoms with Crippen molar-refractivity contribution in [3.05, 3.63) is 29.6 Å². The highest BCUT2D eigenvalue weighted by Crippen LogP contribution is 2.45. The highest BCUT2D eigenvalue weighted by atomic mass is 19.1. The van der Waals surface area contributed by atoms with Crippen molar-refractivity contribution in [1.29, 1.82) is 0 Å². The van der Waals surface area contributed by atoms with Crippen molar-refractivity contribution in [2.24, 2.45) is 0 Å². The number of aliphatic hydroxyl groups is 1. The van der Waals surface area contributed by atoms with E-state index in [1.165, 1.54) is 6.07 Å². The van der Waals surface area contributed by atoms with E-state index < -0.39 is 5.60 Å². The molecule has 1 heterocycles. The predicted octanol–water partition coefficient (Wildman–Crippen LogP) is 1.56. The number of halogens is 1. The van der Waals surface area contributed by atoms with Crippen LogP contribution in [0.4, 0.5) is 10.1 Å². The maximum atomic E-state index is 14.1. The summed E-state index contributed by atoms with van der Waals surface area (Å²) in [7, 11) is 2.08. The van der Waals surface area contributed by atoms with Crippen LogP contribution in [-0.2, 0) is 5.60 Å². The van der Waals surface area contributed by atoms with E-state index in [1.807, 2.05) is 12.1 Å². The Morgan fingerprint density at radius 2 is 1.83 bits per heavy atom. The molecule has 1 N–H and O–H groups in total. The van der Waals surface area contributed by atoms with Crippen LogP contribution in [0.5, 0.6) is 0 Å². The van der Waals surface area contributed by atoms with Crippen molar-refractivity contribution in [1.82, 2.24) is 4.90 Å². The monoisotopic (exact) mass is 250 g/mol. The topological polar surface area (TPSA) is 26.7 Å². The number of anilines is 1. The van der Waals surface area contributed by atoms with Crippen LogP contribution in [0.15, 0.2) is 18.2 Å². The second-order valence-electron chi connectivity index (χ2n) is 5.49. The molecule has 1 saturated heterocycles. The molecule has 1 aliphatic carbocycles. The van der Waals surface area contributed by atoms with Crippen molar-refractivity contribution in [2.75, 3.05) is 38.1 Å². The summed E-state index contributed by atoms with van der Waals surface area (Å²) in [4.78, 5) is 4.33. The molecule has 1 aromatic carbocycles. The summed E-state index contributed by atoms with van der Waals surface area (Å²) in [6.07, 6.45) is 1.50. The lowest BCUT2D eigenvalue weighted by atomic mass is 10.1. The average Bonchev–Trinajstić information content (AvgIpc) is 3.10. The molecule has 2 aliphatic rings. The van der Waals surface area contributed by atoms with E-state index in [2.05, 4.69) is 16.8 Å². The summed E-state index contributed by atoms with van der Waals surface area (Å²) in [6, 6.07) is 5.18. The minimum atomic E-state index is -0.749. The number of piperazine rings is 1. The number of nitrogens with zero attached hydrogens (tertiary/aromatic N) is 2. The Kier molecular flexibility index (Phi) is 2.79. The number of rotatable bonds is 2. The molecular formula is C14H19FN2O. The largest absolute Gasteiger partial charge is 0.385 e. The van der Waals surface area contributed by atoms with Gasteiger partial charge in [-0.2, -0.15) is 0 Å². The Balaban J connectivity index is 1.80. The van der Waals surface area contributed by atoms with E-state index in [9.17, 15) is 9.50 Å². The molecule has 0 atom stereocenters. The molecule has 3 rings (SSSR count). The second-order valence-corrected chi connectivity index (χ2v) is 5.49. The van der Waals surface area contributed by atoms with Crippen molar-refractivity contribution in [3.63, 3.8) is 0 Å². The molecule has 0 amide bonds. The fourth-order valence-corrected chi connectivity index (χ4v) is 2.51. The SMILES string of the molecule is CN1CCN(c2ccc(C3(O)CC3)cc2F)CC1. The van der Waals surface area contributed by atoms with E-state index in [1.54, 1.807) is 0 Å². The van der Waals surface area contributed by atoms with Gasteiger partial charge in [0, 0.05) is 26.2 Å². The zero-order chi connectivity index (χ0) is 12.8. The molecule has 0 unspecified atom stereocenters. The quantitative estimate of drug-likeness (QED) is 0.863. The van der Waals surface area contributed by atoms with Gasteiger partial charge >= 0.3 is 0 Å². The van der Waals surface area contributed by atoms with Gasteiger partial charge in [0.25, 0.3) is 0 Å². The van der Waals surface area contributed by atoms with Gasteiger partial charge in [0.15, 0.2) is 0 Å². The van der Waals surface area contributed by atoms with Gasteiger partial charge in [-0.1, -0.05) is 6.07 Å². The third-order valence-electron chi connectivity index (χ3n) is 4.05. The summed E-state index contributed by atoms with van der Waals surface area (Å²) in [5, 5.41) is 9.97. The minimum Gasteiger partial charge on any atom is -0.385 e.